The van der Waals surface area contributed by atoms with Crippen LogP contribution in [0.15, 0.2) is 89.0 Å². The lowest BCUT2D eigenvalue weighted by Crippen LogP contribution is -2.52. The molecule has 0 aliphatic carbocycles. The van der Waals surface area contributed by atoms with Crippen LogP contribution in [0.25, 0.3) is 38.6 Å². The summed E-state index contributed by atoms with van der Waals surface area (Å²) in [6.07, 6.45) is 1.28. The first-order chi connectivity index (χ1) is 20.6. The second-order valence-corrected chi connectivity index (χ2v) is 12.0. The van der Waals surface area contributed by atoms with Crippen LogP contribution in [-0.4, -0.2) is 38.1 Å². The summed E-state index contributed by atoms with van der Waals surface area (Å²) in [6, 6.07) is 20.5. The van der Waals surface area contributed by atoms with E-state index in [1.54, 1.807) is 23.1 Å². The van der Waals surface area contributed by atoms with E-state index in [1.165, 1.54) is 15.2 Å². The second-order valence-electron chi connectivity index (χ2n) is 11.6. The first-order valence-corrected chi connectivity index (χ1v) is 14.7. The smallest absolute Gasteiger partial charge is 0.321 e. The Labute approximate surface area is 253 Å². The zero-order valence-corrected chi connectivity index (χ0v) is 25.1. The average molecular weight is 594 g/mol. The number of halogens is 1. The standard InChI is InChI=1S/C35H32ClN3O4/c1-5-32(41)37-17-22(18-37)19-38-30-16-29(36)28(27-14-24(40)13-23-10-6-7-11-26(23)27)15-31(30)39(35(43)34(38)42)33-21(4)9-8-12-25(33)20(2)3/h5-16,20,22,40H,1,17-19H2,2-4H3. The lowest BCUT2D eigenvalue weighted by Gasteiger charge is -2.39. The molecule has 0 bridgehead atoms. The Kier molecular flexibility index (Phi) is 7.22. The molecule has 43 heavy (non-hydrogen) atoms. The molecule has 0 unspecified atom stereocenters. The maximum atomic E-state index is 14.1. The van der Waals surface area contributed by atoms with Crippen molar-refractivity contribution in [2.24, 2.45) is 5.92 Å². The summed E-state index contributed by atoms with van der Waals surface area (Å²) in [7, 11) is 0. The number of rotatable bonds is 6. The van der Waals surface area contributed by atoms with Gasteiger partial charge in [-0.15, -0.1) is 0 Å². The van der Waals surface area contributed by atoms with Crippen molar-refractivity contribution in [2.75, 3.05) is 13.1 Å². The average Bonchev–Trinajstić information content (AvgIpc) is 2.96. The summed E-state index contributed by atoms with van der Waals surface area (Å²) in [4.78, 5) is 41.7. The second kappa shape index (κ2) is 10.9. The molecule has 0 spiro atoms. The van der Waals surface area contributed by atoms with Crippen LogP contribution in [0.3, 0.4) is 0 Å². The van der Waals surface area contributed by atoms with Crippen molar-refractivity contribution in [1.29, 1.82) is 0 Å². The molecular formula is C35H32ClN3O4. The van der Waals surface area contributed by atoms with Gasteiger partial charge in [0.1, 0.15) is 5.75 Å². The number of phenols is 1. The number of hydrogen-bond donors (Lipinski definition) is 1. The van der Waals surface area contributed by atoms with E-state index in [4.69, 9.17) is 11.6 Å². The van der Waals surface area contributed by atoms with E-state index in [9.17, 15) is 19.5 Å². The van der Waals surface area contributed by atoms with Gasteiger partial charge in [-0.1, -0.05) is 74.5 Å². The molecule has 1 amide bonds. The number of aryl methyl sites for hydroxylation is 1. The van der Waals surface area contributed by atoms with Crippen LogP contribution in [-0.2, 0) is 11.3 Å². The SMILES string of the molecule is C=CC(=O)N1CC(Cn2c(=O)c(=O)n(-c3c(C)cccc3C(C)C)c3cc(-c4cc(O)cc5ccccc45)c(Cl)cc32)C1. The third-order valence-electron chi connectivity index (χ3n) is 8.36. The maximum absolute atomic E-state index is 14.1. The fourth-order valence-corrected chi connectivity index (χ4v) is 6.47. The highest BCUT2D eigenvalue weighted by atomic mass is 35.5. The fraction of sp³-hybridized carbons (Fsp3) is 0.229. The summed E-state index contributed by atoms with van der Waals surface area (Å²) < 4.78 is 3.02. The highest BCUT2D eigenvalue weighted by molar-refractivity contribution is 6.34. The number of amides is 1. The Bertz CT molecular complexity index is 2070. The van der Waals surface area contributed by atoms with E-state index in [2.05, 4.69) is 20.4 Å². The molecule has 0 saturated carbocycles. The minimum atomic E-state index is -0.656. The number of fused-ring (bicyclic) bond motifs is 2. The largest absolute Gasteiger partial charge is 0.508 e. The number of nitrogens with zero attached hydrogens (tertiary/aromatic N) is 3. The first kappa shape index (κ1) is 28.5. The summed E-state index contributed by atoms with van der Waals surface area (Å²) in [5.74, 6) is 0.0233. The monoisotopic (exact) mass is 593 g/mol. The molecule has 4 aromatic carbocycles. The van der Waals surface area contributed by atoms with E-state index >= 15 is 0 Å². The summed E-state index contributed by atoms with van der Waals surface area (Å²) in [5, 5.41) is 12.7. The molecule has 1 N–H and O–H groups in total. The van der Waals surface area contributed by atoms with Gasteiger partial charge in [-0.3, -0.25) is 19.0 Å². The van der Waals surface area contributed by atoms with Gasteiger partial charge in [0.25, 0.3) is 0 Å². The van der Waals surface area contributed by atoms with Gasteiger partial charge in [0.2, 0.25) is 5.91 Å². The topological polar surface area (TPSA) is 84.5 Å². The Morgan fingerprint density at radius 3 is 2.47 bits per heavy atom. The third-order valence-corrected chi connectivity index (χ3v) is 8.68. The van der Waals surface area contributed by atoms with E-state index in [0.717, 1.165) is 21.9 Å². The van der Waals surface area contributed by atoms with Crippen LogP contribution < -0.4 is 11.1 Å². The molecule has 7 nitrogen and oxygen atoms in total. The summed E-state index contributed by atoms with van der Waals surface area (Å²) in [6.45, 7) is 10.8. The molecule has 1 aliphatic heterocycles. The van der Waals surface area contributed by atoms with Crippen LogP contribution >= 0.6 is 11.6 Å². The number of carbonyl (C=O) groups excluding carboxylic acids is 1. The molecule has 2 heterocycles. The number of benzene rings is 4. The molecule has 1 aromatic heterocycles. The van der Waals surface area contributed by atoms with Crippen molar-refractivity contribution in [3.05, 3.63) is 116 Å². The van der Waals surface area contributed by atoms with E-state index < -0.39 is 11.1 Å². The lowest BCUT2D eigenvalue weighted by atomic mass is 9.95. The number of hydrogen-bond acceptors (Lipinski definition) is 4. The Hall–Kier alpha value is -4.62. The van der Waals surface area contributed by atoms with E-state index in [-0.39, 0.29) is 30.0 Å². The van der Waals surface area contributed by atoms with Gasteiger partial charge in [-0.2, -0.15) is 0 Å². The number of carbonyl (C=O) groups is 1. The molecule has 218 valence electrons. The van der Waals surface area contributed by atoms with Crippen LogP contribution in [0.4, 0.5) is 0 Å². The van der Waals surface area contributed by atoms with Gasteiger partial charge in [0, 0.05) is 31.1 Å². The van der Waals surface area contributed by atoms with Gasteiger partial charge in [-0.05, 0) is 70.6 Å². The van der Waals surface area contributed by atoms with E-state index in [1.807, 2.05) is 55.5 Å². The molecular weight excluding hydrogens is 562 g/mol. The molecule has 0 radical (unpaired) electrons. The minimum absolute atomic E-state index is 0.00166. The van der Waals surface area contributed by atoms with Gasteiger partial charge in [0.15, 0.2) is 0 Å². The quantitative estimate of drug-likeness (QED) is 0.182. The van der Waals surface area contributed by atoms with Crippen LogP contribution in [0.5, 0.6) is 5.75 Å². The van der Waals surface area contributed by atoms with Crippen molar-refractivity contribution in [3.63, 3.8) is 0 Å². The zero-order chi connectivity index (χ0) is 30.6. The number of para-hydroxylation sites is 1. The summed E-state index contributed by atoms with van der Waals surface area (Å²) >= 11 is 6.99. The molecule has 1 aliphatic rings. The van der Waals surface area contributed by atoms with Crippen molar-refractivity contribution < 1.29 is 9.90 Å². The number of aromatic hydroxyl groups is 1. The Balaban J connectivity index is 1.66. The highest BCUT2D eigenvalue weighted by Crippen LogP contribution is 2.39. The fourth-order valence-electron chi connectivity index (χ4n) is 6.21. The first-order valence-electron chi connectivity index (χ1n) is 14.3. The predicted molar refractivity (Wildman–Crippen MR) is 173 cm³/mol. The van der Waals surface area contributed by atoms with E-state index in [0.29, 0.717) is 46.0 Å². The van der Waals surface area contributed by atoms with Crippen LogP contribution in [0.1, 0.15) is 30.9 Å². The molecule has 1 fully saturated rings. The lowest BCUT2D eigenvalue weighted by molar-refractivity contribution is -0.132. The number of likely N-dealkylation sites (tertiary alicyclic amines) is 1. The maximum Gasteiger partial charge on any atom is 0.321 e. The molecule has 8 heteroatoms. The highest BCUT2D eigenvalue weighted by Gasteiger charge is 2.31. The van der Waals surface area contributed by atoms with Gasteiger partial charge >= 0.3 is 11.1 Å². The van der Waals surface area contributed by atoms with Crippen molar-refractivity contribution in [3.8, 4) is 22.6 Å². The number of aromatic nitrogens is 2. The molecule has 1 saturated heterocycles. The van der Waals surface area contributed by atoms with Gasteiger partial charge in [-0.25, -0.2) is 0 Å². The van der Waals surface area contributed by atoms with Gasteiger partial charge < -0.3 is 14.6 Å². The van der Waals surface area contributed by atoms with Crippen molar-refractivity contribution >= 4 is 39.3 Å². The third kappa shape index (κ3) is 4.83. The number of phenolic OH excluding ortho intramolecular Hbond substituents is 1. The predicted octanol–water partition coefficient (Wildman–Crippen LogP) is 6.41. The Morgan fingerprint density at radius 1 is 1.00 bits per heavy atom. The molecule has 5 aromatic rings. The minimum Gasteiger partial charge on any atom is -0.508 e. The Morgan fingerprint density at radius 2 is 1.74 bits per heavy atom. The van der Waals surface area contributed by atoms with Crippen molar-refractivity contribution in [1.82, 2.24) is 14.0 Å². The van der Waals surface area contributed by atoms with Gasteiger partial charge in [0.05, 0.1) is 21.7 Å². The zero-order valence-electron chi connectivity index (χ0n) is 24.3. The normalized spacial score (nSPS) is 13.6. The van der Waals surface area contributed by atoms with Crippen molar-refractivity contribution in [2.45, 2.75) is 33.2 Å². The van der Waals surface area contributed by atoms with Crippen LogP contribution in [0, 0.1) is 12.8 Å². The molecule has 0 atom stereocenters. The molecule has 6 rings (SSSR count). The van der Waals surface area contributed by atoms with Crippen LogP contribution in [0.2, 0.25) is 5.02 Å². The summed E-state index contributed by atoms with van der Waals surface area (Å²) in [5.41, 5.74) is 3.58.